The molecule has 2 aromatic rings. The third-order valence-corrected chi connectivity index (χ3v) is 2.39. The molecule has 0 radical (unpaired) electrons. The van der Waals surface area contributed by atoms with E-state index in [1.165, 1.54) is 5.56 Å². The molecule has 0 saturated carbocycles. The third-order valence-electron chi connectivity index (χ3n) is 2.39. The first-order valence-electron chi connectivity index (χ1n) is 5.26. The van der Waals surface area contributed by atoms with Crippen molar-refractivity contribution in [2.45, 2.75) is 0 Å². The number of methoxy groups -OCH3 is 1. The number of ether oxygens (including phenoxy) is 1. The van der Waals surface area contributed by atoms with Gasteiger partial charge in [-0.15, -0.1) is 0 Å². The summed E-state index contributed by atoms with van der Waals surface area (Å²) in [5.41, 5.74) is 2.28. The molecule has 0 unspecified atom stereocenters. The van der Waals surface area contributed by atoms with Gasteiger partial charge in [-0.2, -0.15) is 0 Å². The lowest BCUT2D eigenvalue weighted by Crippen LogP contribution is -1.85. The molecular formula is C15H14O. The van der Waals surface area contributed by atoms with Crippen molar-refractivity contribution in [3.8, 4) is 5.75 Å². The molecule has 0 bridgehead atoms. The van der Waals surface area contributed by atoms with Crippen molar-refractivity contribution >= 4 is 12.2 Å². The molecule has 0 aliphatic carbocycles. The van der Waals surface area contributed by atoms with Crippen LogP contribution >= 0.6 is 0 Å². The monoisotopic (exact) mass is 210 g/mol. The smallest absolute Gasteiger partial charge is 0.126 e. The summed E-state index contributed by atoms with van der Waals surface area (Å²) in [7, 11) is 1.69. The van der Waals surface area contributed by atoms with Crippen LogP contribution in [0.2, 0.25) is 0 Å². The Morgan fingerprint density at radius 2 is 1.50 bits per heavy atom. The zero-order valence-corrected chi connectivity index (χ0v) is 9.26. The van der Waals surface area contributed by atoms with E-state index >= 15 is 0 Å². The van der Waals surface area contributed by atoms with E-state index < -0.39 is 0 Å². The average Bonchev–Trinajstić information content (AvgIpc) is 2.38. The highest BCUT2D eigenvalue weighted by Gasteiger charge is 1.95. The second-order valence-electron chi connectivity index (χ2n) is 3.49. The highest BCUT2D eigenvalue weighted by Crippen LogP contribution is 2.19. The summed E-state index contributed by atoms with van der Waals surface area (Å²) in [6, 6.07) is 18.2. The van der Waals surface area contributed by atoms with Crippen molar-refractivity contribution < 1.29 is 4.74 Å². The molecule has 0 spiro atoms. The molecule has 1 nitrogen and oxygen atoms in total. The van der Waals surface area contributed by atoms with Gasteiger partial charge in [0, 0.05) is 5.56 Å². The topological polar surface area (TPSA) is 9.23 Å². The van der Waals surface area contributed by atoms with Crippen LogP contribution in [-0.2, 0) is 0 Å². The summed E-state index contributed by atoms with van der Waals surface area (Å²) in [6.45, 7) is 0. The Morgan fingerprint density at radius 3 is 2.25 bits per heavy atom. The maximum Gasteiger partial charge on any atom is 0.126 e. The normalized spacial score (nSPS) is 10.6. The first-order valence-corrected chi connectivity index (χ1v) is 5.26. The molecule has 16 heavy (non-hydrogen) atoms. The van der Waals surface area contributed by atoms with Crippen LogP contribution in [0.5, 0.6) is 5.75 Å². The van der Waals surface area contributed by atoms with Gasteiger partial charge in [0.1, 0.15) is 5.75 Å². The Balaban J connectivity index is 2.24. The molecule has 0 amide bonds. The minimum absolute atomic E-state index is 0.898. The summed E-state index contributed by atoms with van der Waals surface area (Å²) in [5, 5.41) is 0. The molecule has 0 heterocycles. The SMILES string of the molecule is COc1ccccc1/C=C\c1ccccc1. The zero-order chi connectivity index (χ0) is 11.2. The van der Waals surface area contributed by atoms with Gasteiger partial charge in [-0.1, -0.05) is 60.7 Å². The molecule has 0 atom stereocenters. The van der Waals surface area contributed by atoms with Crippen LogP contribution in [0.25, 0.3) is 12.2 Å². The minimum Gasteiger partial charge on any atom is -0.496 e. The largest absolute Gasteiger partial charge is 0.496 e. The first-order chi connectivity index (χ1) is 7.90. The van der Waals surface area contributed by atoms with Gasteiger partial charge < -0.3 is 4.74 Å². The van der Waals surface area contributed by atoms with Crippen LogP contribution in [0.15, 0.2) is 54.6 Å². The molecule has 0 aliphatic rings. The van der Waals surface area contributed by atoms with E-state index in [4.69, 9.17) is 4.74 Å². The zero-order valence-electron chi connectivity index (χ0n) is 9.26. The standard InChI is InChI=1S/C15H14O/c1-16-15-10-6-5-9-14(15)12-11-13-7-3-2-4-8-13/h2-12H,1H3/b12-11-. The van der Waals surface area contributed by atoms with Gasteiger partial charge >= 0.3 is 0 Å². The van der Waals surface area contributed by atoms with Crippen molar-refractivity contribution in [2.75, 3.05) is 7.11 Å². The summed E-state index contributed by atoms with van der Waals surface area (Å²) in [6.07, 6.45) is 4.14. The molecule has 0 aromatic heterocycles. The van der Waals surface area contributed by atoms with Crippen LogP contribution < -0.4 is 4.74 Å². The molecule has 0 aliphatic heterocycles. The van der Waals surface area contributed by atoms with Crippen molar-refractivity contribution in [3.63, 3.8) is 0 Å². The van der Waals surface area contributed by atoms with Crippen molar-refractivity contribution in [1.82, 2.24) is 0 Å². The predicted molar refractivity (Wildman–Crippen MR) is 68.4 cm³/mol. The minimum atomic E-state index is 0.898. The summed E-state index contributed by atoms with van der Waals surface area (Å²) in [5.74, 6) is 0.898. The molecule has 0 fully saturated rings. The lowest BCUT2D eigenvalue weighted by molar-refractivity contribution is 0.414. The Labute approximate surface area is 96.0 Å². The molecular weight excluding hydrogens is 196 g/mol. The van der Waals surface area contributed by atoms with Crippen molar-refractivity contribution in [2.24, 2.45) is 0 Å². The van der Waals surface area contributed by atoms with E-state index in [0.29, 0.717) is 0 Å². The Kier molecular flexibility index (Phi) is 3.39. The fraction of sp³-hybridized carbons (Fsp3) is 0.0667. The summed E-state index contributed by atoms with van der Waals surface area (Å²) >= 11 is 0. The lowest BCUT2D eigenvalue weighted by atomic mass is 10.1. The van der Waals surface area contributed by atoms with Gasteiger partial charge in [-0.25, -0.2) is 0 Å². The predicted octanol–water partition coefficient (Wildman–Crippen LogP) is 3.87. The van der Waals surface area contributed by atoms with Crippen LogP contribution in [-0.4, -0.2) is 7.11 Å². The lowest BCUT2D eigenvalue weighted by Gasteiger charge is -2.03. The van der Waals surface area contributed by atoms with Crippen LogP contribution in [0.1, 0.15) is 11.1 Å². The quantitative estimate of drug-likeness (QED) is 0.699. The number of hydrogen-bond acceptors (Lipinski definition) is 1. The van der Waals surface area contributed by atoms with E-state index in [0.717, 1.165) is 11.3 Å². The summed E-state index contributed by atoms with van der Waals surface area (Å²) < 4.78 is 5.28. The van der Waals surface area contributed by atoms with Gasteiger partial charge in [0.15, 0.2) is 0 Å². The second-order valence-corrected chi connectivity index (χ2v) is 3.49. The Hall–Kier alpha value is -2.02. The highest BCUT2D eigenvalue weighted by atomic mass is 16.5. The van der Waals surface area contributed by atoms with E-state index in [-0.39, 0.29) is 0 Å². The first kappa shape index (κ1) is 10.5. The highest BCUT2D eigenvalue weighted by molar-refractivity contribution is 5.72. The van der Waals surface area contributed by atoms with Gasteiger partial charge in [0.2, 0.25) is 0 Å². The molecule has 2 aromatic carbocycles. The number of hydrogen-bond donors (Lipinski definition) is 0. The van der Waals surface area contributed by atoms with Crippen LogP contribution in [0.4, 0.5) is 0 Å². The van der Waals surface area contributed by atoms with Crippen LogP contribution in [0, 0.1) is 0 Å². The molecule has 0 saturated heterocycles. The fourth-order valence-electron chi connectivity index (χ4n) is 1.55. The average molecular weight is 210 g/mol. The van der Waals surface area contributed by atoms with Crippen LogP contribution in [0.3, 0.4) is 0 Å². The van der Waals surface area contributed by atoms with Crippen molar-refractivity contribution in [3.05, 3.63) is 65.7 Å². The molecule has 2 rings (SSSR count). The van der Waals surface area contributed by atoms with E-state index in [9.17, 15) is 0 Å². The van der Waals surface area contributed by atoms with Gasteiger partial charge in [0.05, 0.1) is 7.11 Å². The van der Waals surface area contributed by atoms with E-state index in [2.05, 4.69) is 24.3 Å². The number of para-hydroxylation sites is 1. The number of rotatable bonds is 3. The van der Waals surface area contributed by atoms with E-state index in [1.54, 1.807) is 7.11 Å². The second kappa shape index (κ2) is 5.17. The number of benzene rings is 2. The van der Waals surface area contributed by atoms with Gasteiger partial charge in [-0.05, 0) is 11.6 Å². The molecule has 80 valence electrons. The molecule has 0 N–H and O–H groups in total. The maximum atomic E-state index is 5.28. The molecule has 1 heteroatoms. The van der Waals surface area contributed by atoms with Gasteiger partial charge in [-0.3, -0.25) is 0 Å². The maximum absolute atomic E-state index is 5.28. The van der Waals surface area contributed by atoms with Crippen molar-refractivity contribution in [1.29, 1.82) is 0 Å². The third kappa shape index (κ3) is 2.51. The van der Waals surface area contributed by atoms with E-state index in [1.807, 2.05) is 42.5 Å². The fourth-order valence-corrected chi connectivity index (χ4v) is 1.55. The Bertz CT molecular complexity index is 472. The van der Waals surface area contributed by atoms with Gasteiger partial charge in [0.25, 0.3) is 0 Å². The Morgan fingerprint density at radius 1 is 0.812 bits per heavy atom. The summed E-state index contributed by atoms with van der Waals surface area (Å²) in [4.78, 5) is 0.